The van der Waals surface area contributed by atoms with Crippen molar-refractivity contribution < 1.29 is 26.9 Å². The smallest absolute Gasteiger partial charge is 0.333 e. The Morgan fingerprint density at radius 3 is 2.34 bits per heavy atom. The summed E-state index contributed by atoms with van der Waals surface area (Å²) < 4.78 is 53.9. The van der Waals surface area contributed by atoms with Crippen LogP contribution in [-0.4, -0.2) is 44.5 Å². The number of ether oxygens (including phenoxy) is 1. The fourth-order valence-electron chi connectivity index (χ4n) is 5.99. The largest absolute Gasteiger partial charge is 0.456 e. The number of halogens is 1. The van der Waals surface area contributed by atoms with Crippen molar-refractivity contribution in [2.24, 2.45) is 7.05 Å². The van der Waals surface area contributed by atoms with E-state index >= 15 is 4.39 Å². The van der Waals surface area contributed by atoms with Crippen molar-refractivity contribution in [3.63, 3.8) is 0 Å². The zero-order chi connectivity index (χ0) is 35.2. The summed E-state index contributed by atoms with van der Waals surface area (Å²) in [5.74, 6) is 0.464. The Bertz CT molecular complexity index is 2620. The van der Waals surface area contributed by atoms with Gasteiger partial charge < -0.3 is 9.64 Å². The van der Waals surface area contributed by atoms with Crippen LogP contribution in [0.1, 0.15) is 18.4 Å². The summed E-state index contributed by atoms with van der Waals surface area (Å²) in [7, 11) is -2.36. The second kappa shape index (κ2) is 12.8. The van der Waals surface area contributed by atoms with Crippen LogP contribution in [0, 0.1) is 12.7 Å². The maximum atomic E-state index is 15.3. The lowest BCUT2D eigenvalue weighted by Crippen LogP contribution is -2.25. The van der Waals surface area contributed by atoms with Crippen LogP contribution >= 0.6 is 0 Å². The molecule has 1 saturated heterocycles. The minimum Gasteiger partial charge on any atom is -0.456 e. The van der Waals surface area contributed by atoms with Gasteiger partial charge in [0.2, 0.25) is 5.91 Å². The minimum atomic E-state index is -4.02. The number of para-hydroxylation sites is 1. The summed E-state index contributed by atoms with van der Waals surface area (Å²) in [6.07, 6.45) is 4.40. The van der Waals surface area contributed by atoms with Gasteiger partial charge in [-0.2, -0.15) is 8.42 Å². The lowest BCUT2D eigenvalue weighted by atomic mass is 10.1. The Hall–Kier alpha value is -5.92. The number of carbonyl (C=O) groups excluding carboxylic acids is 1. The molecule has 1 N–H and O–H groups in total. The van der Waals surface area contributed by atoms with Crippen molar-refractivity contribution in [3.8, 4) is 17.2 Å². The average Bonchev–Trinajstić information content (AvgIpc) is 3.64. The highest BCUT2D eigenvalue weighted by Crippen LogP contribution is 2.32. The van der Waals surface area contributed by atoms with Gasteiger partial charge in [-0.3, -0.25) is 28.4 Å². The second-order valence-corrected chi connectivity index (χ2v) is 13.3. The van der Waals surface area contributed by atoms with Crippen molar-refractivity contribution in [1.82, 2.24) is 19.1 Å². The molecule has 3 aromatic heterocycles. The number of aryl methyl sites for hydroxylation is 2. The van der Waals surface area contributed by atoms with Crippen LogP contribution in [0.5, 0.6) is 11.5 Å². The quantitative estimate of drug-likeness (QED) is 0.196. The zero-order valence-electron chi connectivity index (χ0n) is 26.9. The van der Waals surface area contributed by atoms with Gasteiger partial charge >= 0.3 is 5.69 Å². The van der Waals surface area contributed by atoms with E-state index in [1.54, 1.807) is 43.7 Å². The van der Waals surface area contributed by atoms with E-state index in [9.17, 15) is 18.0 Å². The number of aromatic nitrogens is 4. The van der Waals surface area contributed by atoms with Gasteiger partial charge in [-0.15, -0.1) is 0 Å². The summed E-state index contributed by atoms with van der Waals surface area (Å²) in [5, 5.41) is 1.63. The van der Waals surface area contributed by atoms with Gasteiger partial charge in [-0.25, -0.2) is 9.18 Å². The normalized spacial score (nSPS) is 13.2. The van der Waals surface area contributed by atoms with Crippen LogP contribution in [0.15, 0.2) is 113 Å². The predicted octanol–water partition coefficient (Wildman–Crippen LogP) is 6.73. The van der Waals surface area contributed by atoms with Crippen molar-refractivity contribution in [2.45, 2.75) is 24.7 Å². The number of hydrogen-bond donors (Lipinski definition) is 1. The van der Waals surface area contributed by atoms with E-state index < -0.39 is 15.9 Å². The number of benzene rings is 4. The number of amides is 1. The standard InChI is InChI=1S/C30H22FN5O3.C7H8O3S/c1-34-27-17-33-25-10-9-20(39-21-13-18-5-2-3-6-24(18)32-16-21)15-22(25)29(27)36(30(34)38)19-8-11-26(23(31)14-19)35-12-4-7-28(35)37;1-6-2-4-7(5-3-6)11(8,9)10/h2-3,5-6,8-11,13-17H,4,7,12H2,1H3;2-5H,1H3,(H,8,9,10). The lowest BCUT2D eigenvalue weighted by Gasteiger charge is -2.17. The number of rotatable bonds is 5. The molecular weight excluding hydrogens is 662 g/mol. The van der Waals surface area contributed by atoms with E-state index in [2.05, 4.69) is 9.97 Å². The molecular formula is C37H30FN5O6S. The van der Waals surface area contributed by atoms with Crippen molar-refractivity contribution in [2.75, 3.05) is 11.4 Å². The maximum Gasteiger partial charge on any atom is 0.333 e. The van der Waals surface area contributed by atoms with Gasteiger partial charge in [0.05, 0.1) is 50.7 Å². The molecule has 0 unspecified atom stereocenters. The van der Waals surface area contributed by atoms with E-state index in [1.165, 1.54) is 32.2 Å². The Balaban J connectivity index is 0.000000306. The molecule has 1 fully saturated rings. The third kappa shape index (κ3) is 6.19. The fourth-order valence-corrected chi connectivity index (χ4v) is 6.47. The van der Waals surface area contributed by atoms with Gasteiger partial charge in [-0.1, -0.05) is 35.9 Å². The molecule has 4 aromatic carbocycles. The molecule has 7 aromatic rings. The Kier molecular flexibility index (Phi) is 8.38. The molecule has 4 heterocycles. The van der Waals surface area contributed by atoms with Crippen LogP contribution in [0.25, 0.3) is 38.5 Å². The van der Waals surface area contributed by atoms with E-state index in [-0.39, 0.29) is 22.2 Å². The number of hydrogen-bond acceptors (Lipinski definition) is 7. The lowest BCUT2D eigenvalue weighted by molar-refractivity contribution is -0.117. The van der Waals surface area contributed by atoms with Crippen LogP contribution in [0.4, 0.5) is 10.1 Å². The average molecular weight is 692 g/mol. The van der Waals surface area contributed by atoms with Crippen molar-refractivity contribution in [1.29, 1.82) is 0 Å². The molecule has 13 heteroatoms. The number of fused-ring (bicyclic) bond motifs is 4. The van der Waals surface area contributed by atoms with Crippen molar-refractivity contribution in [3.05, 3.63) is 125 Å². The monoisotopic (exact) mass is 691 g/mol. The Labute approximate surface area is 285 Å². The second-order valence-electron chi connectivity index (χ2n) is 11.9. The van der Waals surface area contributed by atoms with Gasteiger partial charge in [0.25, 0.3) is 10.1 Å². The van der Waals surface area contributed by atoms with Gasteiger partial charge in [0, 0.05) is 36.9 Å². The van der Waals surface area contributed by atoms with Gasteiger partial charge in [-0.05, 0) is 67.9 Å². The highest BCUT2D eigenvalue weighted by atomic mass is 32.2. The summed E-state index contributed by atoms with van der Waals surface area (Å²) >= 11 is 0. The SMILES string of the molecule is Cc1ccc(S(=O)(=O)O)cc1.Cn1c(=O)n(-c2ccc(N3CCCC3=O)c(F)c2)c2c3cc(Oc4cnc5ccccc5c4)ccc3ncc21. The van der Waals surface area contributed by atoms with Crippen LogP contribution in [0.3, 0.4) is 0 Å². The molecule has 1 aliphatic rings. The molecule has 1 amide bonds. The number of pyridine rings is 2. The van der Waals surface area contributed by atoms with Crippen LogP contribution < -0.4 is 15.3 Å². The van der Waals surface area contributed by atoms with Gasteiger partial charge in [0.1, 0.15) is 17.3 Å². The molecule has 0 atom stereocenters. The maximum absolute atomic E-state index is 15.3. The molecule has 50 heavy (non-hydrogen) atoms. The van der Waals surface area contributed by atoms with E-state index in [4.69, 9.17) is 9.29 Å². The third-order valence-electron chi connectivity index (χ3n) is 8.53. The molecule has 1 aliphatic heterocycles. The highest BCUT2D eigenvalue weighted by Gasteiger charge is 2.25. The summed E-state index contributed by atoms with van der Waals surface area (Å²) in [5.41, 5.74) is 3.90. The molecule has 8 rings (SSSR count). The first kappa shape index (κ1) is 32.6. The number of nitrogens with zero attached hydrogens (tertiary/aromatic N) is 5. The van der Waals surface area contributed by atoms with Crippen LogP contribution in [0.2, 0.25) is 0 Å². The molecule has 11 nitrogen and oxygen atoms in total. The molecule has 0 aliphatic carbocycles. The summed E-state index contributed by atoms with van der Waals surface area (Å²) in [6.45, 7) is 2.32. The molecule has 0 spiro atoms. The zero-order valence-corrected chi connectivity index (χ0v) is 27.8. The first-order chi connectivity index (χ1) is 24.0. The topological polar surface area (TPSA) is 137 Å². The molecule has 0 radical (unpaired) electrons. The Morgan fingerprint density at radius 1 is 0.860 bits per heavy atom. The minimum absolute atomic E-state index is 0.0666. The van der Waals surface area contributed by atoms with E-state index in [0.717, 1.165) is 16.5 Å². The van der Waals surface area contributed by atoms with E-state index in [0.29, 0.717) is 58.5 Å². The van der Waals surface area contributed by atoms with Crippen molar-refractivity contribution >= 4 is 54.6 Å². The third-order valence-corrected chi connectivity index (χ3v) is 9.40. The van der Waals surface area contributed by atoms with Gasteiger partial charge in [0.15, 0.2) is 0 Å². The number of carbonyl (C=O) groups is 1. The van der Waals surface area contributed by atoms with Crippen LogP contribution in [-0.2, 0) is 22.0 Å². The summed E-state index contributed by atoms with van der Waals surface area (Å²) in [6, 6.07) is 25.7. The highest BCUT2D eigenvalue weighted by molar-refractivity contribution is 7.85. The fraction of sp³-hybridized carbons (Fsp3) is 0.135. The number of imidazole rings is 1. The molecule has 252 valence electrons. The summed E-state index contributed by atoms with van der Waals surface area (Å²) in [4.78, 5) is 36.0. The van der Waals surface area contributed by atoms with E-state index in [1.807, 2.05) is 55.5 Å². The first-order valence-electron chi connectivity index (χ1n) is 15.7. The predicted molar refractivity (Wildman–Crippen MR) is 188 cm³/mol. The molecule has 0 bridgehead atoms. The Morgan fingerprint density at radius 2 is 1.62 bits per heavy atom. The molecule has 0 saturated carbocycles. The number of anilines is 1. The first-order valence-corrected chi connectivity index (χ1v) is 17.1.